The second kappa shape index (κ2) is 6.35. The first kappa shape index (κ1) is 13.6. The van der Waals surface area contributed by atoms with Crippen molar-refractivity contribution in [2.45, 2.75) is 38.8 Å². The van der Waals surface area contributed by atoms with Crippen molar-refractivity contribution in [1.82, 2.24) is 5.32 Å². The molecule has 0 saturated carbocycles. The Bertz CT molecular complexity index is 381. The van der Waals surface area contributed by atoms with Gasteiger partial charge in [-0.3, -0.25) is 4.79 Å². The molecule has 1 unspecified atom stereocenters. The van der Waals surface area contributed by atoms with Crippen LogP contribution in [0, 0.1) is 5.82 Å². The highest BCUT2D eigenvalue weighted by Gasteiger charge is 2.13. The van der Waals surface area contributed by atoms with E-state index in [0.29, 0.717) is 18.4 Å². The van der Waals surface area contributed by atoms with Gasteiger partial charge in [-0.05, 0) is 38.3 Å². The molecule has 0 aliphatic rings. The maximum Gasteiger partial charge on any atom is 0.320 e. The van der Waals surface area contributed by atoms with Gasteiger partial charge in [-0.25, -0.2) is 4.39 Å². The lowest BCUT2D eigenvalue weighted by atomic mass is 10.1. The molecular weight excluding hydrogens is 221 g/mol. The van der Waals surface area contributed by atoms with Crippen molar-refractivity contribution >= 4 is 5.97 Å². The van der Waals surface area contributed by atoms with Crippen LogP contribution in [-0.4, -0.2) is 23.2 Å². The minimum absolute atomic E-state index is 0.0423. The number of rotatable bonds is 6. The molecule has 94 valence electrons. The number of carboxylic acid groups (broad SMARTS) is 1. The predicted octanol–water partition coefficient (Wildman–Crippen LogP) is 2.21. The third kappa shape index (κ3) is 4.53. The molecule has 3 nitrogen and oxygen atoms in total. The average molecular weight is 239 g/mol. The fourth-order valence-corrected chi connectivity index (χ4v) is 1.65. The quantitative estimate of drug-likeness (QED) is 0.800. The summed E-state index contributed by atoms with van der Waals surface area (Å²) >= 11 is 0. The Morgan fingerprint density at radius 3 is 2.65 bits per heavy atom. The SMILES string of the molecule is CC(CCc1ccccc1F)N[C@@H](C)C(=O)O. The molecule has 0 amide bonds. The molecule has 0 radical (unpaired) electrons. The van der Waals surface area contributed by atoms with Crippen LogP contribution in [0.2, 0.25) is 0 Å². The first-order chi connectivity index (χ1) is 8.00. The maximum atomic E-state index is 13.3. The zero-order valence-corrected chi connectivity index (χ0v) is 10.1. The van der Waals surface area contributed by atoms with Crippen LogP contribution < -0.4 is 5.32 Å². The molecule has 0 aliphatic carbocycles. The summed E-state index contributed by atoms with van der Waals surface area (Å²) < 4.78 is 13.3. The Balaban J connectivity index is 2.41. The monoisotopic (exact) mass is 239 g/mol. The molecule has 2 N–H and O–H groups in total. The highest BCUT2D eigenvalue weighted by Crippen LogP contribution is 2.10. The standard InChI is InChI=1S/C13H18FNO2/c1-9(15-10(2)13(16)17)7-8-11-5-3-4-6-12(11)14/h3-6,9-10,15H,7-8H2,1-2H3,(H,16,17)/t9?,10-/m0/s1. The molecule has 0 aliphatic heterocycles. The predicted molar refractivity (Wildman–Crippen MR) is 64.4 cm³/mol. The van der Waals surface area contributed by atoms with Gasteiger partial charge in [0.05, 0.1) is 0 Å². The summed E-state index contributed by atoms with van der Waals surface area (Å²) in [4.78, 5) is 10.6. The van der Waals surface area contributed by atoms with E-state index in [1.165, 1.54) is 6.07 Å². The van der Waals surface area contributed by atoms with Gasteiger partial charge in [0.25, 0.3) is 0 Å². The minimum Gasteiger partial charge on any atom is -0.480 e. The van der Waals surface area contributed by atoms with E-state index in [1.807, 2.05) is 6.92 Å². The largest absolute Gasteiger partial charge is 0.480 e. The van der Waals surface area contributed by atoms with Crippen molar-refractivity contribution in [3.63, 3.8) is 0 Å². The molecular formula is C13H18FNO2. The first-order valence-corrected chi connectivity index (χ1v) is 5.73. The van der Waals surface area contributed by atoms with Gasteiger partial charge in [0.1, 0.15) is 11.9 Å². The van der Waals surface area contributed by atoms with E-state index in [2.05, 4.69) is 5.32 Å². The number of aliphatic carboxylic acids is 1. The molecule has 0 spiro atoms. The van der Waals surface area contributed by atoms with Gasteiger partial charge in [0.2, 0.25) is 0 Å². The maximum absolute atomic E-state index is 13.3. The molecule has 1 aromatic rings. The van der Waals surface area contributed by atoms with E-state index in [1.54, 1.807) is 25.1 Å². The summed E-state index contributed by atoms with van der Waals surface area (Å²) in [5.74, 6) is -1.08. The van der Waals surface area contributed by atoms with E-state index in [0.717, 1.165) is 0 Å². The van der Waals surface area contributed by atoms with E-state index in [9.17, 15) is 9.18 Å². The van der Waals surface area contributed by atoms with Gasteiger partial charge in [-0.15, -0.1) is 0 Å². The number of aryl methyl sites for hydroxylation is 1. The minimum atomic E-state index is -0.872. The Hall–Kier alpha value is -1.42. The molecule has 2 atom stereocenters. The second-order valence-electron chi connectivity index (χ2n) is 4.26. The van der Waals surface area contributed by atoms with Gasteiger partial charge < -0.3 is 10.4 Å². The molecule has 0 fully saturated rings. The van der Waals surface area contributed by atoms with E-state index < -0.39 is 12.0 Å². The molecule has 17 heavy (non-hydrogen) atoms. The van der Waals surface area contributed by atoms with Crippen molar-refractivity contribution in [3.05, 3.63) is 35.6 Å². The second-order valence-corrected chi connectivity index (χ2v) is 4.26. The average Bonchev–Trinajstić information content (AvgIpc) is 2.27. The van der Waals surface area contributed by atoms with Crippen LogP contribution in [-0.2, 0) is 11.2 Å². The highest BCUT2D eigenvalue weighted by molar-refractivity contribution is 5.72. The number of hydrogen-bond acceptors (Lipinski definition) is 2. The lowest BCUT2D eigenvalue weighted by Gasteiger charge is -2.17. The van der Waals surface area contributed by atoms with Crippen molar-refractivity contribution in [1.29, 1.82) is 0 Å². The van der Waals surface area contributed by atoms with Crippen LogP contribution in [0.1, 0.15) is 25.8 Å². The molecule has 4 heteroatoms. The Morgan fingerprint density at radius 1 is 1.41 bits per heavy atom. The summed E-state index contributed by atoms with van der Waals surface area (Å²) in [6, 6.07) is 6.12. The third-order valence-corrected chi connectivity index (χ3v) is 2.71. The van der Waals surface area contributed by atoms with Crippen LogP contribution in [0.5, 0.6) is 0 Å². The molecule has 0 aromatic heterocycles. The van der Waals surface area contributed by atoms with Gasteiger partial charge in [0.15, 0.2) is 0 Å². The molecule has 0 bridgehead atoms. The van der Waals surface area contributed by atoms with Crippen LogP contribution >= 0.6 is 0 Å². The van der Waals surface area contributed by atoms with Crippen LogP contribution in [0.4, 0.5) is 4.39 Å². The molecule has 0 heterocycles. The smallest absolute Gasteiger partial charge is 0.320 e. The normalized spacial score (nSPS) is 14.3. The van der Waals surface area contributed by atoms with E-state index >= 15 is 0 Å². The number of nitrogens with one attached hydrogen (secondary N) is 1. The van der Waals surface area contributed by atoms with Gasteiger partial charge >= 0.3 is 5.97 Å². The molecule has 1 aromatic carbocycles. The number of halogens is 1. The summed E-state index contributed by atoms with van der Waals surface area (Å²) in [6.45, 7) is 3.50. The van der Waals surface area contributed by atoms with Gasteiger partial charge in [-0.1, -0.05) is 18.2 Å². The summed E-state index contributed by atoms with van der Waals surface area (Å²) in [5, 5.41) is 11.7. The lowest BCUT2D eigenvalue weighted by molar-refractivity contribution is -0.139. The summed E-state index contributed by atoms with van der Waals surface area (Å²) in [5.41, 5.74) is 0.670. The fourth-order valence-electron chi connectivity index (χ4n) is 1.65. The van der Waals surface area contributed by atoms with Gasteiger partial charge in [0, 0.05) is 6.04 Å². The van der Waals surface area contributed by atoms with Crippen LogP contribution in [0.25, 0.3) is 0 Å². The topological polar surface area (TPSA) is 49.3 Å². The van der Waals surface area contributed by atoms with Crippen molar-refractivity contribution in [2.24, 2.45) is 0 Å². The van der Waals surface area contributed by atoms with Gasteiger partial charge in [-0.2, -0.15) is 0 Å². The zero-order chi connectivity index (χ0) is 12.8. The first-order valence-electron chi connectivity index (χ1n) is 5.73. The number of carboxylic acids is 1. The Kier molecular flexibility index (Phi) is 5.10. The van der Waals surface area contributed by atoms with E-state index in [4.69, 9.17) is 5.11 Å². The summed E-state index contributed by atoms with van der Waals surface area (Å²) in [7, 11) is 0. The van der Waals surface area contributed by atoms with E-state index in [-0.39, 0.29) is 11.9 Å². The van der Waals surface area contributed by atoms with Crippen molar-refractivity contribution < 1.29 is 14.3 Å². The molecule has 0 saturated heterocycles. The number of benzene rings is 1. The van der Waals surface area contributed by atoms with Crippen LogP contribution in [0.3, 0.4) is 0 Å². The summed E-state index contributed by atoms with van der Waals surface area (Å²) in [6.07, 6.45) is 1.31. The fraction of sp³-hybridized carbons (Fsp3) is 0.462. The third-order valence-electron chi connectivity index (χ3n) is 2.71. The molecule has 1 rings (SSSR count). The Morgan fingerprint density at radius 2 is 2.06 bits per heavy atom. The van der Waals surface area contributed by atoms with Crippen LogP contribution in [0.15, 0.2) is 24.3 Å². The number of hydrogen-bond donors (Lipinski definition) is 2. The lowest BCUT2D eigenvalue weighted by Crippen LogP contribution is -2.40. The van der Waals surface area contributed by atoms with Crippen molar-refractivity contribution in [3.8, 4) is 0 Å². The zero-order valence-electron chi connectivity index (χ0n) is 10.1. The highest BCUT2D eigenvalue weighted by atomic mass is 19.1. The van der Waals surface area contributed by atoms with Crippen molar-refractivity contribution in [2.75, 3.05) is 0 Å². The Labute approximate surface area is 101 Å². The number of carbonyl (C=O) groups is 1.